The summed E-state index contributed by atoms with van der Waals surface area (Å²) in [6, 6.07) is 26.5. The molecule has 2 amide bonds. The second-order valence-corrected chi connectivity index (χ2v) is 14.7. The van der Waals surface area contributed by atoms with Crippen molar-refractivity contribution in [2.24, 2.45) is 0 Å². The van der Waals surface area contributed by atoms with Gasteiger partial charge in [0, 0.05) is 28.5 Å². The molecule has 0 saturated carbocycles. The molecule has 46 heavy (non-hydrogen) atoms. The zero-order valence-corrected chi connectivity index (χ0v) is 29.7. The van der Waals surface area contributed by atoms with Crippen LogP contribution in [0.3, 0.4) is 0 Å². The summed E-state index contributed by atoms with van der Waals surface area (Å²) < 4.78 is 30.2. The van der Waals surface area contributed by atoms with Gasteiger partial charge in [-0.3, -0.25) is 13.9 Å². The van der Waals surface area contributed by atoms with E-state index in [-0.39, 0.29) is 45.5 Å². The van der Waals surface area contributed by atoms with Crippen LogP contribution in [0.1, 0.15) is 37.0 Å². The molecule has 0 bridgehead atoms. The van der Waals surface area contributed by atoms with Crippen molar-refractivity contribution < 1.29 is 18.0 Å². The second-order valence-electron chi connectivity index (χ2n) is 11.1. The number of anilines is 1. The minimum Gasteiger partial charge on any atom is -0.352 e. The molecule has 0 spiro atoms. The lowest BCUT2D eigenvalue weighted by Crippen LogP contribution is -2.54. The number of halogens is 3. The van der Waals surface area contributed by atoms with Gasteiger partial charge < -0.3 is 10.2 Å². The van der Waals surface area contributed by atoms with Gasteiger partial charge in [-0.25, -0.2) is 8.42 Å². The molecule has 4 aromatic rings. The van der Waals surface area contributed by atoms with Gasteiger partial charge in [0.1, 0.15) is 12.6 Å². The fourth-order valence-electron chi connectivity index (χ4n) is 4.81. The molecule has 4 aromatic carbocycles. The van der Waals surface area contributed by atoms with Crippen molar-refractivity contribution in [3.8, 4) is 0 Å². The fraction of sp³-hybridized carbons (Fsp3) is 0.257. The molecule has 0 radical (unpaired) electrons. The maximum atomic E-state index is 14.6. The summed E-state index contributed by atoms with van der Waals surface area (Å²) in [5, 5.41) is 3.38. The molecule has 0 saturated heterocycles. The molecule has 0 fully saturated rings. The fourth-order valence-corrected chi connectivity index (χ4v) is 6.93. The van der Waals surface area contributed by atoms with Crippen molar-refractivity contribution in [2.45, 2.75) is 57.1 Å². The minimum absolute atomic E-state index is 0.0169. The van der Waals surface area contributed by atoms with Crippen molar-refractivity contribution >= 4 is 66.7 Å². The van der Waals surface area contributed by atoms with Crippen LogP contribution in [0.15, 0.2) is 106 Å². The summed E-state index contributed by atoms with van der Waals surface area (Å²) in [5.41, 5.74) is 2.54. The van der Waals surface area contributed by atoms with E-state index in [1.807, 2.05) is 75.4 Å². The smallest absolute Gasteiger partial charge is 0.264 e. The van der Waals surface area contributed by atoms with Gasteiger partial charge in [0.2, 0.25) is 11.8 Å². The number of nitrogens with one attached hydrogen (secondary N) is 1. The van der Waals surface area contributed by atoms with Gasteiger partial charge in [-0.05, 0) is 73.9 Å². The lowest BCUT2D eigenvalue weighted by Gasteiger charge is -2.34. The minimum atomic E-state index is -4.31. The summed E-state index contributed by atoms with van der Waals surface area (Å²) in [7, 11) is -4.31. The lowest BCUT2D eigenvalue weighted by atomic mass is 10.0. The molecule has 4 rings (SSSR count). The summed E-state index contributed by atoms with van der Waals surface area (Å²) in [4.78, 5) is 29.9. The Morgan fingerprint density at radius 1 is 0.891 bits per heavy atom. The molecule has 0 heterocycles. The summed E-state index contributed by atoms with van der Waals surface area (Å²) in [5.74, 6) is -0.924. The molecule has 0 aliphatic carbocycles. The predicted octanol–water partition coefficient (Wildman–Crippen LogP) is 7.81. The van der Waals surface area contributed by atoms with E-state index in [0.29, 0.717) is 6.42 Å². The van der Waals surface area contributed by atoms with E-state index in [4.69, 9.17) is 23.2 Å². The van der Waals surface area contributed by atoms with Gasteiger partial charge in [-0.2, -0.15) is 0 Å². The maximum absolute atomic E-state index is 14.6. The molecule has 242 valence electrons. The molecule has 0 unspecified atom stereocenters. The van der Waals surface area contributed by atoms with Gasteiger partial charge in [0.15, 0.2) is 0 Å². The van der Waals surface area contributed by atoms with Gasteiger partial charge in [0.25, 0.3) is 10.0 Å². The van der Waals surface area contributed by atoms with Crippen molar-refractivity contribution in [2.75, 3.05) is 10.8 Å². The van der Waals surface area contributed by atoms with E-state index in [2.05, 4.69) is 21.2 Å². The van der Waals surface area contributed by atoms with Crippen LogP contribution < -0.4 is 9.62 Å². The molecule has 0 aliphatic rings. The lowest BCUT2D eigenvalue weighted by molar-refractivity contribution is -0.140. The molecule has 0 aliphatic heterocycles. The van der Waals surface area contributed by atoms with Crippen LogP contribution in [-0.2, 0) is 32.6 Å². The van der Waals surface area contributed by atoms with E-state index in [0.717, 1.165) is 25.5 Å². The van der Waals surface area contributed by atoms with Crippen LogP contribution in [0.2, 0.25) is 10.0 Å². The van der Waals surface area contributed by atoms with Crippen molar-refractivity contribution in [1.29, 1.82) is 0 Å². The average Bonchev–Trinajstić information content (AvgIpc) is 3.04. The van der Waals surface area contributed by atoms with Gasteiger partial charge in [0.05, 0.1) is 15.6 Å². The maximum Gasteiger partial charge on any atom is 0.264 e. The third kappa shape index (κ3) is 9.12. The first-order valence-corrected chi connectivity index (χ1v) is 17.8. The quantitative estimate of drug-likeness (QED) is 0.151. The SMILES string of the molecule is CC[C@@H](C)NC(=O)[C@H](Cc1ccccc1)N(Cc1ccc(Br)cc1)C(=O)CN(c1cc(Cl)ccc1Cl)S(=O)(=O)c1ccc(C)cc1. The second kappa shape index (κ2) is 16.0. The van der Waals surface area contributed by atoms with Crippen molar-refractivity contribution in [1.82, 2.24) is 10.2 Å². The molecule has 7 nitrogen and oxygen atoms in total. The molecule has 1 N–H and O–H groups in total. The molecular weight excluding hydrogens is 709 g/mol. The highest BCUT2D eigenvalue weighted by atomic mass is 79.9. The Labute approximate surface area is 289 Å². The topological polar surface area (TPSA) is 86.8 Å². The number of sulfonamides is 1. The number of carbonyl (C=O) groups is 2. The van der Waals surface area contributed by atoms with Crippen molar-refractivity contribution in [3.05, 3.63) is 128 Å². The standard InChI is InChI=1S/C35H36BrCl2N3O4S/c1-4-25(3)39-35(43)33(20-26-8-6-5-7-9-26)40(22-27-12-14-28(36)15-13-27)34(42)23-41(32-21-29(37)16-19-31(32)38)46(44,45)30-17-10-24(2)11-18-30/h5-19,21,25,33H,4,20,22-23H2,1-3H3,(H,39,43)/t25-,33+/m1/s1. The largest absolute Gasteiger partial charge is 0.352 e. The van der Waals surface area contributed by atoms with Crippen LogP contribution in [0.5, 0.6) is 0 Å². The summed E-state index contributed by atoms with van der Waals surface area (Å²) in [6.45, 7) is 5.14. The molecule has 2 atom stereocenters. The summed E-state index contributed by atoms with van der Waals surface area (Å²) in [6.07, 6.45) is 0.911. The number of hydrogen-bond acceptors (Lipinski definition) is 4. The third-order valence-corrected chi connectivity index (χ3v) is 10.5. The average molecular weight is 746 g/mol. The van der Waals surface area contributed by atoms with Crippen molar-refractivity contribution in [3.63, 3.8) is 0 Å². The van der Waals surface area contributed by atoms with E-state index in [1.165, 1.54) is 29.2 Å². The van der Waals surface area contributed by atoms with E-state index in [1.54, 1.807) is 18.2 Å². The number of amides is 2. The number of nitrogens with zero attached hydrogens (tertiary/aromatic N) is 2. The molecule has 11 heteroatoms. The Balaban J connectivity index is 1.83. The zero-order chi connectivity index (χ0) is 33.4. The van der Waals surface area contributed by atoms with Crippen LogP contribution >= 0.6 is 39.1 Å². The Bertz CT molecular complexity index is 1760. The highest BCUT2D eigenvalue weighted by molar-refractivity contribution is 9.10. The Kier molecular flexibility index (Phi) is 12.3. The summed E-state index contributed by atoms with van der Waals surface area (Å²) >= 11 is 16.3. The van der Waals surface area contributed by atoms with E-state index < -0.39 is 28.5 Å². The monoisotopic (exact) mass is 743 g/mol. The Morgan fingerprint density at radius 2 is 1.54 bits per heavy atom. The van der Waals surface area contributed by atoms with Crippen LogP contribution in [0.25, 0.3) is 0 Å². The van der Waals surface area contributed by atoms with E-state index >= 15 is 0 Å². The number of rotatable bonds is 13. The van der Waals surface area contributed by atoms with Crippen LogP contribution in [-0.4, -0.2) is 43.8 Å². The third-order valence-electron chi connectivity index (χ3n) is 7.60. The van der Waals surface area contributed by atoms with E-state index in [9.17, 15) is 18.0 Å². The number of aryl methyl sites for hydroxylation is 1. The van der Waals surface area contributed by atoms with Gasteiger partial charge >= 0.3 is 0 Å². The highest BCUT2D eigenvalue weighted by Gasteiger charge is 2.35. The Morgan fingerprint density at radius 3 is 2.17 bits per heavy atom. The first-order valence-electron chi connectivity index (χ1n) is 14.8. The number of carbonyl (C=O) groups excluding carboxylic acids is 2. The van der Waals surface area contributed by atoms with Crippen LogP contribution in [0.4, 0.5) is 5.69 Å². The molecular formula is C35H36BrCl2N3O4S. The number of benzene rings is 4. The first-order chi connectivity index (χ1) is 21.9. The normalized spacial score (nSPS) is 12.7. The number of hydrogen-bond donors (Lipinski definition) is 1. The predicted molar refractivity (Wildman–Crippen MR) is 189 cm³/mol. The van der Waals surface area contributed by atoms with Gasteiger partial charge in [-0.15, -0.1) is 0 Å². The highest BCUT2D eigenvalue weighted by Crippen LogP contribution is 2.33. The van der Waals surface area contributed by atoms with Crippen LogP contribution in [0, 0.1) is 6.92 Å². The first kappa shape index (κ1) is 35.5. The Hall–Kier alpha value is -3.37. The molecule has 0 aromatic heterocycles. The zero-order valence-electron chi connectivity index (χ0n) is 25.8. The van der Waals surface area contributed by atoms with Gasteiger partial charge in [-0.1, -0.05) is 106 Å².